The van der Waals surface area contributed by atoms with Crippen molar-refractivity contribution >= 4 is 6.03 Å². The number of carbonyl (C=O) groups is 1. The van der Waals surface area contributed by atoms with Gasteiger partial charge in [0.25, 0.3) is 0 Å². The number of amides is 2. The summed E-state index contributed by atoms with van der Waals surface area (Å²) in [5, 5.41) is 11.7. The van der Waals surface area contributed by atoms with E-state index in [0.29, 0.717) is 29.3 Å². The van der Waals surface area contributed by atoms with Crippen LogP contribution in [0, 0.1) is 17.1 Å². The molecule has 0 radical (unpaired) electrons. The van der Waals surface area contributed by atoms with Gasteiger partial charge in [-0.25, -0.2) is 14.2 Å². The lowest BCUT2D eigenvalue weighted by molar-refractivity contribution is 0.206. The smallest absolute Gasteiger partial charge is 0.317 e. The fourth-order valence-corrected chi connectivity index (χ4v) is 2.63. The number of pyridine rings is 1. The van der Waals surface area contributed by atoms with E-state index in [0.717, 1.165) is 5.56 Å². The molecule has 0 spiro atoms. The quantitative estimate of drug-likeness (QED) is 0.683. The molecule has 0 atom stereocenters. The molecule has 0 aliphatic carbocycles. The molecule has 6 nitrogen and oxygen atoms in total. The molecule has 2 aromatic carbocycles. The summed E-state index contributed by atoms with van der Waals surface area (Å²) in [6.45, 7) is 0.603. The highest BCUT2D eigenvalue weighted by atomic mass is 19.1. The lowest BCUT2D eigenvalue weighted by Crippen LogP contribution is -2.36. The lowest BCUT2D eigenvalue weighted by Gasteiger charge is -2.18. The number of nitriles is 1. The number of halogens is 1. The highest BCUT2D eigenvalue weighted by molar-refractivity contribution is 5.73. The Hall–Kier alpha value is -3.92. The number of ether oxygens (including phenoxy) is 1. The van der Waals surface area contributed by atoms with Gasteiger partial charge in [0.2, 0.25) is 5.88 Å². The van der Waals surface area contributed by atoms with Crippen LogP contribution < -0.4 is 10.1 Å². The zero-order valence-corrected chi connectivity index (χ0v) is 15.8. The number of benzene rings is 2. The van der Waals surface area contributed by atoms with Crippen LogP contribution in [-0.2, 0) is 13.1 Å². The highest BCUT2D eigenvalue weighted by Crippen LogP contribution is 2.23. The summed E-state index contributed by atoms with van der Waals surface area (Å²) in [6, 6.07) is 18.1. The van der Waals surface area contributed by atoms with E-state index in [1.807, 2.05) is 12.1 Å². The number of hydrogen-bond acceptors (Lipinski definition) is 4. The van der Waals surface area contributed by atoms with Gasteiger partial charge in [0.05, 0.1) is 11.6 Å². The van der Waals surface area contributed by atoms with Crippen LogP contribution in [0.2, 0.25) is 0 Å². The maximum absolute atomic E-state index is 13.4. The molecule has 0 aliphatic heterocycles. The predicted octanol–water partition coefficient (Wildman–Crippen LogP) is 4.23. The zero-order valence-electron chi connectivity index (χ0n) is 15.8. The molecule has 1 heterocycles. The second-order valence-electron chi connectivity index (χ2n) is 6.35. The normalized spacial score (nSPS) is 10.1. The van der Waals surface area contributed by atoms with Crippen LogP contribution in [0.5, 0.6) is 11.6 Å². The molecule has 0 aliphatic rings. The van der Waals surface area contributed by atoms with E-state index >= 15 is 0 Å². The van der Waals surface area contributed by atoms with Gasteiger partial charge in [-0.3, -0.25) is 0 Å². The zero-order chi connectivity index (χ0) is 20.6. The van der Waals surface area contributed by atoms with Crippen LogP contribution >= 0.6 is 0 Å². The summed E-state index contributed by atoms with van der Waals surface area (Å²) in [7, 11) is 1.68. The molecule has 1 N–H and O–H groups in total. The van der Waals surface area contributed by atoms with Crippen LogP contribution in [-0.4, -0.2) is 23.0 Å². The molecule has 0 fully saturated rings. The Bertz CT molecular complexity index is 1030. The van der Waals surface area contributed by atoms with Gasteiger partial charge in [0.1, 0.15) is 11.6 Å². The molecule has 2 amide bonds. The Balaban J connectivity index is 1.60. The van der Waals surface area contributed by atoms with Gasteiger partial charge in [-0.1, -0.05) is 24.3 Å². The third kappa shape index (κ3) is 5.53. The standard InChI is InChI=1S/C22H19FN4O2/c1-27(15-17-9-7-16(13-24)8-10-17)22(28)26-14-18-4-3-11-25-21(18)29-20-6-2-5-19(23)12-20/h2-12H,14-15H2,1H3,(H,26,28). The third-order valence-corrected chi connectivity index (χ3v) is 4.14. The van der Waals surface area contributed by atoms with E-state index in [9.17, 15) is 9.18 Å². The summed E-state index contributed by atoms with van der Waals surface area (Å²) < 4.78 is 19.0. The minimum Gasteiger partial charge on any atom is -0.439 e. The van der Waals surface area contributed by atoms with Crippen LogP contribution in [0.25, 0.3) is 0 Å². The van der Waals surface area contributed by atoms with Crippen molar-refractivity contribution in [2.75, 3.05) is 7.05 Å². The third-order valence-electron chi connectivity index (χ3n) is 4.14. The largest absolute Gasteiger partial charge is 0.439 e. The molecule has 1 aromatic heterocycles. The topological polar surface area (TPSA) is 78.3 Å². The van der Waals surface area contributed by atoms with Crippen molar-refractivity contribution in [1.82, 2.24) is 15.2 Å². The van der Waals surface area contributed by atoms with E-state index in [4.69, 9.17) is 10.00 Å². The number of carbonyl (C=O) groups excluding carboxylic acids is 1. The Labute approximate surface area is 168 Å². The Morgan fingerprint density at radius 2 is 2.00 bits per heavy atom. The van der Waals surface area contributed by atoms with Crippen LogP contribution in [0.3, 0.4) is 0 Å². The number of aromatic nitrogens is 1. The molecule has 146 valence electrons. The first kappa shape index (κ1) is 19.8. The van der Waals surface area contributed by atoms with E-state index in [2.05, 4.69) is 16.4 Å². The predicted molar refractivity (Wildman–Crippen MR) is 106 cm³/mol. The molecule has 0 saturated heterocycles. The van der Waals surface area contributed by atoms with Gasteiger partial charge >= 0.3 is 6.03 Å². The van der Waals surface area contributed by atoms with E-state index in [1.54, 1.807) is 49.6 Å². The van der Waals surface area contributed by atoms with Gasteiger partial charge in [-0.2, -0.15) is 5.26 Å². The second-order valence-corrected chi connectivity index (χ2v) is 6.35. The number of urea groups is 1. The van der Waals surface area contributed by atoms with Gasteiger partial charge in [-0.15, -0.1) is 0 Å². The summed E-state index contributed by atoms with van der Waals surface area (Å²) >= 11 is 0. The molecule has 3 rings (SSSR count). The van der Waals surface area contributed by atoms with Crippen LogP contribution in [0.1, 0.15) is 16.7 Å². The lowest BCUT2D eigenvalue weighted by atomic mass is 10.1. The van der Waals surface area contributed by atoms with Gasteiger partial charge in [-0.05, 0) is 35.9 Å². The molecule has 29 heavy (non-hydrogen) atoms. The molecular formula is C22H19FN4O2. The van der Waals surface area contributed by atoms with Crippen LogP contribution in [0.15, 0.2) is 66.9 Å². The number of nitrogens with one attached hydrogen (secondary N) is 1. The van der Waals surface area contributed by atoms with E-state index < -0.39 is 5.82 Å². The monoisotopic (exact) mass is 390 g/mol. The maximum Gasteiger partial charge on any atom is 0.317 e. The Morgan fingerprint density at radius 1 is 1.21 bits per heavy atom. The summed E-state index contributed by atoms with van der Waals surface area (Å²) in [5.74, 6) is 0.222. The van der Waals surface area contributed by atoms with E-state index in [-0.39, 0.29) is 12.6 Å². The SMILES string of the molecule is CN(Cc1ccc(C#N)cc1)C(=O)NCc1cccnc1Oc1cccc(F)c1. The van der Waals surface area contributed by atoms with Gasteiger partial charge in [0.15, 0.2) is 0 Å². The Kier molecular flexibility index (Phi) is 6.38. The van der Waals surface area contributed by atoms with Crippen molar-refractivity contribution in [2.24, 2.45) is 0 Å². The van der Waals surface area contributed by atoms with Crippen molar-refractivity contribution < 1.29 is 13.9 Å². The Morgan fingerprint density at radius 3 is 2.72 bits per heavy atom. The van der Waals surface area contributed by atoms with Crippen molar-refractivity contribution in [3.05, 3.63) is 89.4 Å². The average Bonchev–Trinajstić information content (AvgIpc) is 2.73. The number of rotatable bonds is 6. The second kappa shape index (κ2) is 9.33. The van der Waals surface area contributed by atoms with Crippen molar-refractivity contribution in [1.29, 1.82) is 5.26 Å². The van der Waals surface area contributed by atoms with Crippen LogP contribution in [0.4, 0.5) is 9.18 Å². The molecule has 0 bridgehead atoms. The van der Waals surface area contributed by atoms with Gasteiger partial charge < -0.3 is 15.0 Å². The summed E-state index contributed by atoms with van der Waals surface area (Å²) in [4.78, 5) is 18.1. The number of hydrogen-bond donors (Lipinski definition) is 1. The average molecular weight is 390 g/mol. The first-order valence-corrected chi connectivity index (χ1v) is 8.90. The first-order valence-electron chi connectivity index (χ1n) is 8.90. The minimum atomic E-state index is -0.405. The molecule has 0 saturated carbocycles. The number of nitrogens with zero attached hydrogens (tertiary/aromatic N) is 3. The maximum atomic E-state index is 13.4. The molecule has 0 unspecified atom stereocenters. The fraction of sp³-hybridized carbons (Fsp3) is 0.136. The van der Waals surface area contributed by atoms with Gasteiger partial charge in [0, 0.05) is 38.0 Å². The van der Waals surface area contributed by atoms with Crippen molar-refractivity contribution in [3.8, 4) is 17.7 Å². The summed E-state index contributed by atoms with van der Waals surface area (Å²) in [6.07, 6.45) is 1.57. The molecule has 7 heteroatoms. The van der Waals surface area contributed by atoms with Crippen molar-refractivity contribution in [2.45, 2.75) is 13.1 Å². The molecular weight excluding hydrogens is 371 g/mol. The van der Waals surface area contributed by atoms with E-state index in [1.165, 1.54) is 17.0 Å². The first-order chi connectivity index (χ1) is 14.0. The fourth-order valence-electron chi connectivity index (χ4n) is 2.63. The highest BCUT2D eigenvalue weighted by Gasteiger charge is 2.12. The summed E-state index contributed by atoms with van der Waals surface area (Å²) in [5.41, 5.74) is 2.15. The minimum absolute atomic E-state index is 0.203. The van der Waals surface area contributed by atoms with Crippen molar-refractivity contribution in [3.63, 3.8) is 0 Å². The molecule has 3 aromatic rings.